The van der Waals surface area contributed by atoms with E-state index in [-0.39, 0.29) is 17.9 Å². The number of esters is 1. The summed E-state index contributed by atoms with van der Waals surface area (Å²) in [6.07, 6.45) is 1.13. The Bertz CT molecular complexity index is 1110. The van der Waals surface area contributed by atoms with Crippen LogP contribution in [-0.2, 0) is 37.2 Å². The molecule has 0 bridgehead atoms. The van der Waals surface area contributed by atoms with Gasteiger partial charge in [0.05, 0.1) is 26.5 Å². The smallest absolute Gasteiger partial charge is 0.306 e. The number of nitrogens with one attached hydrogen (secondary N) is 1. The number of hydrogen-bond acceptors (Lipinski definition) is 7. The number of benzene rings is 2. The van der Waals surface area contributed by atoms with E-state index in [9.17, 15) is 18.0 Å². The number of amides is 1. The monoisotopic (exact) mass is 447 g/mol. The van der Waals surface area contributed by atoms with Gasteiger partial charge in [0.25, 0.3) is 5.91 Å². The summed E-state index contributed by atoms with van der Waals surface area (Å²) in [5.41, 5.74) is 1.75. The van der Waals surface area contributed by atoms with Crippen molar-refractivity contribution in [2.24, 2.45) is 5.14 Å². The van der Waals surface area contributed by atoms with E-state index in [1.807, 2.05) is 24.3 Å². The van der Waals surface area contributed by atoms with Gasteiger partial charge in [0.1, 0.15) is 0 Å². The number of primary sulfonamides is 1. The molecule has 1 amide bonds. The normalized spacial score (nSPS) is 11.4. The van der Waals surface area contributed by atoms with E-state index in [2.05, 4.69) is 10.3 Å². The zero-order valence-electron chi connectivity index (χ0n) is 16.0. The van der Waals surface area contributed by atoms with Gasteiger partial charge >= 0.3 is 5.97 Å². The maximum absolute atomic E-state index is 11.9. The van der Waals surface area contributed by atoms with Crippen molar-refractivity contribution in [3.05, 3.63) is 59.1 Å². The molecule has 0 spiro atoms. The van der Waals surface area contributed by atoms with Crippen molar-refractivity contribution in [3.63, 3.8) is 0 Å². The van der Waals surface area contributed by atoms with Gasteiger partial charge in [-0.3, -0.25) is 9.59 Å². The van der Waals surface area contributed by atoms with Gasteiger partial charge in [-0.05, 0) is 36.2 Å². The minimum Gasteiger partial charge on any atom is -0.456 e. The van der Waals surface area contributed by atoms with Gasteiger partial charge in [-0.15, -0.1) is 11.3 Å². The molecule has 0 fully saturated rings. The molecule has 0 unspecified atom stereocenters. The van der Waals surface area contributed by atoms with Crippen LogP contribution in [0.15, 0.2) is 53.4 Å². The standard InChI is InChI=1S/C20H21N3O5S2/c21-30(26,27)15-7-5-14(6-8-15)11-12-22-18(24)13-28-20(25)10-9-19-23-16-3-1-2-4-17(16)29-19/h1-8H,9-13H2,(H,22,24)(H2,21,26,27). The first-order valence-electron chi connectivity index (χ1n) is 9.20. The molecule has 158 valence electrons. The summed E-state index contributed by atoms with van der Waals surface area (Å²) in [6.45, 7) is -0.0140. The quantitative estimate of drug-likeness (QED) is 0.481. The summed E-state index contributed by atoms with van der Waals surface area (Å²) in [7, 11) is -3.72. The van der Waals surface area contributed by atoms with Crippen molar-refractivity contribution < 1.29 is 22.7 Å². The van der Waals surface area contributed by atoms with Crippen LogP contribution in [0.3, 0.4) is 0 Å². The molecule has 8 nitrogen and oxygen atoms in total. The second kappa shape index (κ2) is 9.79. The molecule has 0 aliphatic heterocycles. The number of aromatic nitrogens is 1. The maximum Gasteiger partial charge on any atom is 0.306 e. The minimum absolute atomic E-state index is 0.0352. The van der Waals surface area contributed by atoms with E-state index in [4.69, 9.17) is 9.88 Å². The van der Waals surface area contributed by atoms with Crippen LogP contribution < -0.4 is 10.5 Å². The summed E-state index contributed by atoms with van der Waals surface area (Å²) < 4.78 is 28.5. The first-order chi connectivity index (χ1) is 14.3. The highest BCUT2D eigenvalue weighted by Crippen LogP contribution is 2.22. The van der Waals surface area contributed by atoms with Crippen LogP contribution >= 0.6 is 11.3 Å². The van der Waals surface area contributed by atoms with E-state index >= 15 is 0 Å². The first kappa shape index (κ1) is 21.9. The zero-order chi connectivity index (χ0) is 21.6. The van der Waals surface area contributed by atoms with Crippen LogP contribution in [0.25, 0.3) is 10.2 Å². The van der Waals surface area contributed by atoms with E-state index < -0.39 is 21.9 Å². The molecule has 0 radical (unpaired) electrons. The Kier molecular flexibility index (Phi) is 7.14. The van der Waals surface area contributed by atoms with E-state index in [0.29, 0.717) is 19.4 Å². The Morgan fingerprint density at radius 2 is 1.80 bits per heavy atom. The highest BCUT2D eigenvalue weighted by Gasteiger charge is 2.11. The molecule has 30 heavy (non-hydrogen) atoms. The summed E-state index contributed by atoms with van der Waals surface area (Å²) in [6, 6.07) is 13.9. The largest absolute Gasteiger partial charge is 0.456 e. The van der Waals surface area contributed by atoms with Crippen molar-refractivity contribution >= 4 is 43.5 Å². The average molecular weight is 448 g/mol. The van der Waals surface area contributed by atoms with E-state index in [1.54, 1.807) is 12.1 Å². The summed E-state index contributed by atoms with van der Waals surface area (Å²) >= 11 is 1.54. The molecule has 0 aliphatic rings. The molecule has 1 aromatic heterocycles. The van der Waals surface area contributed by atoms with Crippen molar-refractivity contribution in [2.45, 2.75) is 24.2 Å². The van der Waals surface area contributed by atoms with Gasteiger partial charge in [-0.2, -0.15) is 0 Å². The van der Waals surface area contributed by atoms with Crippen LogP contribution in [0, 0.1) is 0 Å². The van der Waals surface area contributed by atoms with Crippen LogP contribution in [0.2, 0.25) is 0 Å². The number of sulfonamides is 1. The number of ether oxygens (including phenoxy) is 1. The second-order valence-corrected chi connectivity index (χ2v) is 9.20. The lowest BCUT2D eigenvalue weighted by Crippen LogP contribution is -2.30. The predicted octanol–water partition coefficient (Wildman–Crippen LogP) is 1.78. The van der Waals surface area contributed by atoms with Gasteiger partial charge in [0.15, 0.2) is 6.61 Å². The van der Waals surface area contributed by atoms with Crippen LogP contribution in [0.5, 0.6) is 0 Å². The number of rotatable bonds is 9. The third kappa shape index (κ3) is 6.34. The average Bonchev–Trinajstić information content (AvgIpc) is 3.13. The summed E-state index contributed by atoms with van der Waals surface area (Å²) in [4.78, 5) is 28.2. The maximum atomic E-state index is 11.9. The number of para-hydroxylation sites is 1. The molecule has 3 rings (SSSR count). The summed E-state index contributed by atoms with van der Waals surface area (Å²) in [5, 5.41) is 8.55. The minimum atomic E-state index is -3.72. The van der Waals surface area contributed by atoms with Gasteiger partial charge < -0.3 is 10.1 Å². The number of nitrogens with zero attached hydrogens (tertiary/aromatic N) is 1. The number of fused-ring (bicyclic) bond motifs is 1. The SMILES string of the molecule is NS(=O)(=O)c1ccc(CCNC(=O)COC(=O)CCc2nc3ccccc3s2)cc1. The molecule has 1 heterocycles. The lowest BCUT2D eigenvalue weighted by molar-refractivity contribution is -0.148. The van der Waals surface area contributed by atoms with Crippen molar-refractivity contribution in [2.75, 3.05) is 13.2 Å². The molecule has 2 aromatic carbocycles. The summed E-state index contributed by atoms with van der Waals surface area (Å²) in [5.74, 6) is -0.854. The third-order valence-electron chi connectivity index (χ3n) is 4.23. The Morgan fingerprint density at radius 1 is 1.07 bits per heavy atom. The molecular weight excluding hydrogens is 426 g/mol. The Labute approximate surface area is 178 Å². The van der Waals surface area contributed by atoms with Crippen LogP contribution in [0.1, 0.15) is 17.0 Å². The van der Waals surface area contributed by atoms with E-state index in [1.165, 1.54) is 23.5 Å². The zero-order valence-corrected chi connectivity index (χ0v) is 17.7. The second-order valence-electron chi connectivity index (χ2n) is 6.52. The van der Waals surface area contributed by atoms with Crippen LogP contribution in [0.4, 0.5) is 0 Å². The number of thiazole rings is 1. The number of carbonyl (C=O) groups is 2. The fourth-order valence-electron chi connectivity index (χ4n) is 2.70. The molecule has 0 saturated carbocycles. The van der Waals surface area contributed by atoms with Crippen molar-refractivity contribution in [1.82, 2.24) is 10.3 Å². The Morgan fingerprint density at radius 3 is 2.50 bits per heavy atom. The topological polar surface area (TPSA) is 128 Å². The molecule has 0 saturated heterocycles. The van der Waals surface area contributed by atoms with Gasteiger partial charge in [0.2, 0.25) is 10.0 Å². The third-order valence-corrected chi connectivity index (χ3v) is 6.26. The van der Waals surface area contributed by atoms with Gasteiger partial charge in [0, 0.05) is 13.0 Å². The molecule has 10 heteroatoms. The number of nitrogens with two attached hydrogens (primary N) is 1. The molecule has 0 atom stereocenters. The number of aryl methyl sites for hydroxylation is 1. The predicted molar refractivity (Wildman–Crippen MR) is 113 cm³/mol. The van der Waals surface area contributed by atoms with E-state index in [0.717, 1.165) is 20.8 Å². The first-order valence-corrected chi connectivity index (χ1v) is 11.6. The lowest BCUT2D eigenvalue weighted by atomic mass is 10.1. The highest BCUT2D eigenvalue weighted by molar-refractivity contribution is 7.89. The molecule has 0 aliphatic carbocycles. The molecular formula is C20H21N3O5S2. The highest BCUT2D eigenvalue weighted by atomic mass is 32.2. The van der Waals surface area contributed by atoms with Crippen LogP contribution in [-0.4, -0.2) is 38.4 Å². The van der Waals surface area contributed by atoms with Gasteiger partial charge in [-0.1, -0.05) is 24.3 Å². The fraction of sp³-hybridized carbons (Fsp3) is 0.250. The van der Waals surface area contributed by atoms with Gasteiger partial charge in [-0.25, -0.2) is 18.5 Å². The number of hydrogen-bond donors (Lipinski definition) is 2. The van der Waals surface area contributed by atoms with Crippen molar-refractivity contribution in [3.8, 4) is 0 Å². The number of carbonyl (C=O) groups excluding carboxylic acids is 2. The lowest BCUT2D eigenvalue weighted by Gasteiger charge is -2.07. The Balaban J connectivity index is 1.34. The fourth-order valence-corrected chi connectivity index (χ4v) is 4.18. The molecule has 3 N–H and O–H groups in total. The molecule has 3 aromatic rings. The van der Waals surface area contributed by atoms with Crippen molar-refractivity contribution in [1.29, 1.82) is 0 Å². The Hall–Kier alpha value is -2.82.